The standard InChI is InChI=1S/C10H13BrN2OS/c11-7-4-8(15-6-7)5-13-3-1-2-9(13)10(12)14/h4,6,9H,1-3,5H2,(H2,12,14)/t9-/m1/s1. The second-order valence-electron chi connectivity index (χ2n) is 3.76. The van der Waals surface area contributed by atoms with E-state index >= 15 is 0 Å². The summed E-state index contributed by atoms with van der Waals surface area (Å²) in [5, 5.41) is 2.06. The Labute approximate surface area is 101 Å². The lowest BCUT2D eigenvalue weighted by atomic mass is 10.2. The van der Waals surface area contributed by atoms with Crippen LogP contribution < -0.4 is 5.73 Å². The Hall–Kier alpha value is -0.390. The van der Waals surface area contributed by atoms with E-state index in [2.05, 4.69) is 32.3 Å². The predicted molar refractivity (Wildman–Crippen MR) is 64.6 cm³/mol. The minimum absolute atomic E-state index is 0.0640. The highest BCUT2D eigenvalue weighted by atomic mass is 79.9. The van der Waals surface area contributed by atoms with Crippen molar-refractivity contribution in [1.82, 2.24) is 4.90 Å². The molecule has 1 aliphatic rings. The first-order chi connectivity index (χ1) is 7.16. The van der Waals surface area contributed by atoms with Crippen LogP contribution in [0.5, 0.6) is 0 Å². The van der Waals surface area contributed by atoms with Crippen molar-refractivity contribution in [1.29, 1.82) is 0 Å². The van der Waals surface area contributed by atoms with Crippen LogP contribution in [0.3, 0.4) is 0 Å². The first kappa shape index (κ1) is 11.1. The highest BCUT2D eigenvalue weighted by Crippen LogP contribution is 2.25. The lowest BCUT2D eigenvalue weighted by Crippen LogP contribution is -2.39. The minimum atomic E-state index is -0.192. The fourth-order valence-corrected chi connectivity index (χ4v) is 3.45. The van der Waals surface area contributed by atoms with Crippen molar-refractivity contribution in [2.45, 2.75) is 25.4 Å². The molecule has 0 unspecified atom stereocenters. The third-order valence-corrected chi connectivity index (χ3v) is 4.36. The maximum atomic E-state index is 11.2. The van der Waals surface area contributed by atoms with E-state index in [-0.39, 0.29) is 11.9 Å². The molecular weight excluding hydrogens is 276 g/mol. The monoisotopic (exact) mass is 288 g/mol. The van der Waals surface area contributed by atoms with Crippen LogP contribution in [-0.4, -0.2) is 23.4 Å². The number of carbonyl (C=O) groups excluding carboxylic acids is 1. The molecule has 1 aromatic rings. The van der Waals surface area contributed by atoms with Crippen molar-refractivity contribution in [3.05, 3.63) is 20.8 Å². The zero-order valence-electron chi connectivity index (χ0n) is 8.28. The number of halogens is 1. The summed E-state index contributed by atoms with van der Waals surface area (Å²) in [4.78, 5) is 14.6. The van der Waals surface area contributed by atoms with E-state index in [1.54, 1.807) is 11.3 Å². The molecule has 82 valence electrons. The SMILES string of the molecule is NC(=O)[C@H]1CCCN1Cc1cc(Br)cs1. The molecule has 0 spiro atoms. The smallest absolute Gasteiger partial charge is 0.234 e. The number of nitrogens with two attached hydrogens (primary N) is 1. The summed E-state index contributed by atoms with van der Waals surface area (Å²) in [7, 11) is 0. The Balaban J connectivity index is 2.02. The van der Waals surface area contributed by atoms with Gasteiger partial charge in [-0.05, 0) is 41.4 Å². The second-order valence-corrected chi connectivity index (χ2v) is 5.67. The second kappa shape index (κ2) is 4.63. The normalized spacial score (nSPS) is 22.1. The van der Waals surface area contributed by atoms with Gasteiger partial charge in [0.1, 0.15) is 0 Å². The molecule has 15 heavy (non-hydrogen) atoms. The highest BCUT2D eigenvalue weighted by molar-refractivity contribution is 9.10. The summed E-state index contributed by atoms with van der Waals surface area (Å²) in [6.45, 7) is 1.81. The summed E-state index contributed by atoms with van der Waals surface area (Å²) < 4.78 is 1.11. The van der Waals surface area contributed by atoms with Crippen LogP contribution in [0.4, 0.5) is 0 Å². The average Bonchev–Trinajstić information content (AvgIpc) is 2.75. The van der Waals surface area contributed by atoms with Gasteiger partial charge >= 0.3 is 0 Å². The number of primary amides is 1. The summed E-state index contributed by atoms with van der Waals surface area (Å²) in [5.41, 5.74) is 5.36. The zero-order valence-corrected chi connectivity index (χ0v) is 10.7. The number of hydrogen-bond donors (Lipinski definition) is 1. The quantitative estimate of drug-likeness (QED) is 0.924. The number of rotatable bonds is 3. The number of likely N-dealkylation sites (tertiary alicyclic amines) is 1. The van der Waals surface area contributed by atoms with Crippen molar-refractivity contribution in [3.63, 3.8) is 0 Å². The molecule has 0 aromatic carbocycles. The molecule has 1 fully saturated rings. The fourth-order valence-electron chi connectivity index (χ4n) is 1.97. The minimum Gasteiger partial charge on any atom is -0.368 e. The van der Waals surface area contributed by atoms with Gasteiger partial charge in [0.05, 0.1) is 6.04 Å². The van der Waals surface area contributed by atoms with Crippen molar-refractivity contribution in [2.75, 3.05) is 6.54 Å². The van der Waals surface area contributed by atoms with E-state index in [0.717, 1.165) is 30.4 Å². The van der Waals surface area contributed by atoms with Gasteiger partial charge in [-0.25, -0.2) is 0 Å². The van der Waals surface area contributed by atoms with Gasteiger partial charge in [0.25, 0.3) is 0 Å². The number of nitrogens with zero attached hydrogens (tertiary/aromatic N) is 1. The third-order valence-electron chi connectivity index (χ3n) is 2.67. The van der Waals surface area contributed by atoms with Crippen LogP contribution in [0.25, 0.3) is 0 Å². The van der Waals surface area contributed by atoms with Crippen molar-refractivity contribution < 1.29 is 4.79 Å². The molecule has 0 aliphatic carbocycles. The average molecular weight is 289 g/mol. The number of hydrogen-bond acceptors (Lipinski definition) is 3. The van der Waals surface area contributed by atoms with E-state index in [0.29, 0.717) is 0 Å². The molecular formula is C10H13BrN2OS. The molecule has 1 aliphatic heterocycles. The molecule has 0 saturated carbocycles. The Morgan fingerprint density at radius 2 is 2.53 bits per heavy atom. The number of amides is 1. The van der Waals surface area contributed by atoms with Crippen LogP contribution in [-0.2, 0) is 11.3 Å². The van der Waals surface area contributed by atoms with Gasteiger partial charge in [0, 0.05) is 21.3 Å². The van der Waals surface area contributed by atoms with Gasteiger partial charge in [0.15, 0.2) is 0 Å². The Bertz CT molecular complexity index is 366. The third kappa shape index (κ3) is 2.59. The van der Waals surface area contributed by atoms with E-state index in [9.17, 15) is 4.79 Å². The predicted octanol–water partition coefficient (Wildman–Crippen LogP) is 1.96. The number of thiophene rings is 1. The van der Waals surface area contributed by atoms with Gasteiger partial charge in [-0.2, -0.15) is 0 Å². The Morgan fingerprint density at radius 3 is 3.13 bits per heavy atom. The zero-order chi connectivity index (χ0) is 10.8. The molecule has 2 heterocycles. The van der Waals surface area contributed by atoms with Crippen LogP contribution in [0, 0.1) is 0 Å². The topological polar surface area (TPSA) is 46.3 Å². The maximum Gasteiger partial charge on any atom is 0.234 e. The first-order valence-corrected chi connectivity index (χ1v) is 6.60. The van der Waals surface area contributed by atoms with Crippen LogP contribution in [0.15, 0.2) is 15.9 Å². The van der Waals surface area contributed by atoms with Crippen LogP contribution in [0.2, 0.25) is 0 Å². The summed E-state index contributed by atoms with van der Waals surface area (Å²) in [6, 6.07) is 2.03. The summed E-state index contributed by atoms with van der Waals surface area (Å²) in [6.07, 6.45) is 1.97. The number of carbonyl (C=O) groups is 1. The van der Waals surface area contributed by atoms with Crippen LogP contribution in [0.1, 0.15) is 17.7 Å². The fraction of sp³-hybridized carbons (Fsp3) is 0.500. The van der Waals surface area contributed by atoms with Crippen molar-refractivity contribution in [2.24, 2.45) is 5.73 Å². The largest absolute Gasteiger partial charge is 0.368 e. The highest BCUT2D eigenvalue weighted by Gasteiger charge is 2.28. The molecule has 0 bridgehead atoms. The van der Waals surface area contributed by atoms with Crippen molar-refractivity contribution >= 4 is 33.2 Å². The molecule has 5 heteroatoms. The van der Waals surface area contributed by atoms with Gasteiger partial charge in [-0.3, -0.25) is 9.69 Å². The summed E-state index contributed by atoms with van der Waals surface area (Å²) in [5.74, 6) is -0.192. The molecule has 1 atom stereocenters. The lowest BCUT2D eigenvalue weighted by molar-refractivity contribution is -0.122. The molecule has 3 nitrogen and oxygen atoms in total. The van der Waals surface area contributed by atoms with Crippen LogP contribution >= 0.6 is 27.3 Å². The first-order valence-electron chi connectivity index (χ1n) is 4.93. The van der Waals surface area contributed by atoms with E-state index in [1.807, 2.05) is 0 Å². The van der Waals surface area contributed by atoms with Crippen molar-refractivity contribution in [3.8, 4) is 0 Å². The van der Waals surface area contributed by atoms with E-state index < -0.39 is 0 Å². The Morgan fingerprint density at radius 1 is 1.73 bits per heavy atom. The molecule has 2 rings (SSSR count). The van der Waals surface area contributed by atoms with E-state index in [1.165, 1.54) is 4.88 Å². The van der Waals surface area contributed by atoms with Gasteiger partial charge in [-0.15, -0.1) is 11.3 Å². The molecule has 1 amide bonds. The maximum absolute atomic E-state index is 11.2. The van der Waals surface area contributed by atoms with Gasteiger partial charge in [-0.1, -0.05) is 0 Å². The van der Waals surface area contributed by atoms with Gasteiger partial charge in [0.2, 0.25) is 5.91 Å². The van der Waals surface area contributed by atoms with E-state index in [4.69, 9.17) is 5.73 Å². The van der Waals surface area contributed by atoms with Gasteiger partial charge < -0.3 is 5.73 Å². The summed E-state index contributed by atoms with van der Waals surface area (Å²) >= 11 is 5.14. The molecule has 1 saturated heterocycles. The molecule has 0 radical (unpaired) electrons. The Kier molecular flexibility index (Phi) is 3.43. The molecule has 1 aromatic heterocycles. The lowest BCUT2D eigenvalue weighted by Gasteiger charge is -2.20. The molecule has 2 N–H and O–H groups in total.